The second-order valence-electron chi connectivity index (χ2n) is 4.31. The van der Waals surface area contributed by atoms with E-state index < -0.39 is 10.0 Å². The lowest BCUT2D eigenvalue weighted by Crippen LogP contribution is -2.14. The molecule has 0 bridgehead atoms. The molecule has 0 aliphatic heterocycles. The van der Waals surface area contributed by atoms with Gasteiger partial charge in [-0.05, 0) is 31.2 Å². The molecule has 1 aromatic carbocycles. The minimum absolute atomic E-state index is 0.0419. The predicted molar refractivity (Wildman–Crippen MR) is 79.3 cm³/mol. The molecule has 21 heavy (non-hydrogen) atoms. The highest BCUT2D eigenvalue weighted by molar-refractivity contribution is 7.92. The van der Waals surface area contributed by atoms with Gasteiger partial charge in [0.15, 0.2) is 0 Å². The number of hydrogen-bond donors (Lipinski definition) is 1. The van der Waals surface area contributed by atoms with Crippen LogP contribution in [0.4, 0.5) is 5.69 Å². The smallest absolute Gasteiger partial charge is 0.265 e. The van der Waals surface area contributed by atoms with E-state index >= 15 is 0 Å². The van der Waals surface area contributed by atoms with Crippen molar-refractivity contribution in [2.24, 2.45) is 0 Å². The van der Waals surface area contributed by atoms with Gasteiger partial charge in [-0.15, -0.1) is 0 Å². The molecule has 1 heterocycles. The first-order valence-electron chi connectivity index (χ1n) is 6.14. The highest BCUT2D eigenvalue weighted by atomic mass is 32.2. The quantitative estimate of drug-likeness (QED) is 0.916. The number of nitrogens with zero attached hydrogens (tertiary/aromatic N) is 1. The molecule has 0 aliphatic carbocycles. The summed E-state index contributed by atoms with van der Waals surface area (Å²) in [6, 6.07) is 7.75. The lowest BCUT2D eigenvalue weighted by Gasteiger charge is -2.12. The molecule has 0 amide bonds. The molecular weight excluding hydrogens is 292 g/mol. The maximum absolute atomic E-state index is 12.4. The molecule has 1 aromatic heterocycles. The third-order valence-corrected chi connectivity index (χ3v) is 4.23. The molecule has 0 saturated carbocycles. The third-order valence-electron chi connectivity index (χ3n) is 2.81. The number of anilines is 1. The number of benzene rings is 1. The molecule has 0 saturated heterocycles. The van der Waals surface area contributed by atoms with Gasteiger partial charge in [0.05, 0.1) is 19.9 Å². The summed E-state index contributed by atoms with van der Waals surface area (Å²) in [6.45, 7) is 1.78. The van der Waals surface area contributed by atoms with Crippen LogP contribution in [-0.4, -0.2) is 27.6 Å². The lowest BCUT2D eigenvalue weighted by molar-refractivity contribution is 0.386. The van der Waals surface area contributed by atoms with Crippen molar-refractivity contribution in [2.75, 3.05) is 18.9 Å². The van der Waals surface area contributed by atoms with Crippen molar-refractivity contribution >= 4 is 15.7 Å². The van der Waals surface area contributed by atoms with Gasteiger partial charge in [-0.1, -0.05) is 0 Å². The molecule has 0 unspecified atom stereocenters. The molecule has 2 aromatic rings. The van der Waals surface area contributed by atoms with Crippen molar-refractivity contribution in [3.63, 3.8) is 0 Å². The molecule has 2 rings (SSSR count). The Balaban J connectivity index is 2.40. The van der Waals surface area contributed by atoms with Crippen molar-refractivity contribution in [3.05, 3.63) is 42.2 Å². The first-order chi connectivity index (χ1) is 9.96. The fourth-order valence-electron chi connectivity index (χ4n) is 1.82. The molecule has 0 radical (unpaired) electrons. The van der Waals surface area contributed by atoms with Gasteiger partial charge >= 0.3 is 0 Å². The Hall–Kier alpha value is -2.28. The van der Waals surface area contributed by atoms with Crippen LogP contribution < -0.4 is 14.2 Å². The first-order valence-corrected chi connectivity index (χ1v) is 7.62. The monoisotopic (exact) mass is 308 g/mol. The fourth-order valence-corrected chi connectivity index (χ4v) is 3.02. The second kappa shape index (κ2) is 6.01. The van der Waals surface area contributed by atoms with Crippen LogP contribution in [0.5, 0.6) is 11.5 Å². The van der Waals surface area contributed by atoms with Crippen molar-refractivity contribution in [2.45, 2.75) is 11.8 Å². The maximum Gasteiger partial charge on any atom is 0.265 e. The molecule has 0 spiro atoms. The molecule has 112 valence electrons. The van der Waals surface area contributed by atoms with E-state index in [0.717, 1.165) is 5.69 Å². The van der Waals surface area contributed by atoms with E-state index in [-0.39, 0.29) is 10.6 Å². The third kappa shape index (κ3) is 3.43. The van der Waals surface area contributed by atoms with Gasteiger partial charge in [-0.3, -0.25) is 9.71 Å². The summed E-state index contributed by atoms with van der Waals surface area (Å²) in [5.74, 6) is 0.734. The number of nitrogens with one attached hydrogen (secondary N) is 1. The summed E-state index contributed by atoms with van der Waals surface area (Å²) in [5.41, 5.74) is 1.16. The zero-order valence-electron chi connectivity index (χ0n) is 12.0. The molecule has 0 aliphatic rings. The Bertz CT molecular complexity index is 744. The SMILES string of the molecule is COc1ccc(S(=O)(=O)Nc2ccnc(C)c2)c(OC)c1. The van der Waals surface area contributed by atoms with Crippen LogP contribution in [-0.2, 0) is 10.0 Å². The Labute approximate surface area is 123 Å². The molecule has 6 nitrogen and oxygen atoms in total. The van der Waals surface area contributed by atoms with E-state index in [4.69, 9.17) is 9.47 Å². The van der Waals surface area contributed by atoms with Gasteiger partial charge < -0.3 is 9.47 Å². The van der Waals surface area contributed by atoms with Gasteiger partial charge in [-0.2, -0.15) is 0 Å². The van der Waals surface area contributed by atoms with E-state index in [1.165, 1.54) is 26.4 Å². The van der Waals surface area contributed by atoms with E-state index in [1.807, 2.05) is 0 Å². The maximum atomic E-state index is 12.4. The molecule has 0 atom stereocenters. The van der Waals surface area contributed by atoms with E-state index in [1.54, 1.807) is 31.3 Å². The number of sulfonamides is 1. The fraction of sp³-hybridized carbons (Fsp3) is 0.214. The van der Waals surface area contributed by atoms with Crippen LogP contribution in [0.15, 0.2) is 41.4 Å². The highest BCUT2D eigenvalue weighted by Gasteiger charge is 2.20. The van der Waals surface area contributed by atoms with Crippen molar-refractivity contribution in [3.8, 4) is 11.5 Å². The van der Waals surface area contributed by atoms with Gasteiger partial charge in [0.1, 0.15) is 16.4 Å². The van der Waals surface area contributed by atoms with E-state index in [0.29, 0.717) is 11.4 Å². The zero-order valence-corrected chi connectivity index (χ0v) is 12.8. The van der Waals surface area contributed by atoms with Crippen LogP contribution >= 0.6 is 0 Å². The Morgan fingerprint density at radius 2 is 1.86 bits per heavy atom. The number of aryl methyl sites for hydroxylation is 1. The first kappa shape index (κ1) is 15.1. The van der Waals surface area contributed by atoms with E-state index in [2.05, 4.69) is 9.71 Å². The van der Waals surface area contributed by atoms with Gasteiger partial charge in [-0.25, -0.2) is 8.42 Å². The summed E-state index contributed by atoms with van der Waals surface area (Å²) in [6.07, 6.45) is 1.54. The van der Waals surface area contributed by atoms with Gasteiger partial charge in [0, 0.05) is 18.0 Å². The normalized spacial score (nSPS) is 11.0. The van der Waals surface area contributed by atoms with Gasteiger partial charge in [0.2, 0.25) is 0 Å². The number of aromatic nitrogens is 1. The average Bonchev–Trinajstić information content (AvgIpc) is 2.46. The molecule has 7 heteroatoms. The van der Waals surface area contributed by atoms with Crippen LogP contribution in [0, 0.1) is 6.92 Å². The number of pyridine rings is 1. The average molecular weight is 308 g/mol. The van der Waals surface area contributed by atoms with Gasteiger partial charge in [0.25, 0.3) is 10.0 Å². The van der Waals surface area contributed by atoms with E-state index in [9.17, 15) is 8.42 Å². The topological polar surface area (TPSA) is 77.5 Å². The number of rotatable bonds is 5. The van der Waals surface area contributed by atoms with Crippen LogP contribution in [0.25, 0.3) is 0 Å². The summed E-state index contributed by atoms with van der Waals surface area (Å²) in [7, 11) is -0.848. The zero-order chi connectivity index (χ0) is 15.5. The van der Waals surface area contributed by atoms with Crippen molar-refractivity contribution in [1.29, 1.82) is 0 Å². The molecule has 0 fully saturated rings. The minimum atomic E-state index is -3.76. The molecular formula is C14H16N2O4S. The van der Waals surface area contributed by atoms with Crippen molar-refractivity contribution in [1.82, 2.24) is 4.98 Å². The number of ether oxygens (including phenoxy) is 2. The van der Waals surface area contributed by atoms with Crippen LogP contribution in [0.3, 0.4) is 0 Å². The van der Waals surface area contributed by atoms with Crippen molar-refractivity contribution < 1.29 is 17.9 Å². The lowest BCUT2D eigenvalue weighted by atomic mass is 10.3. The van der Waals surface area contributed by atoms with Crippen LogP contribution in [0.1, 0.15) is 5.69 Å². The standard InChI is InChI=1S/C14H16N2O4S/c1-10-8-11(6-7-15-10)16-21(17,18)14-5-4-12(19-2)9-13(14)20-3/h4-9H,1-3H3,(H,15,16). The largest absolute Gasteiger partial charge is 0.497 e. The Morgan fingerprint density at radius 3 is 2.48 bits per heavy atom. The summed E-state index contributed by atoms with van der Waals surface area (Å²) < 4.78 is 37.6. The second-order valence-corrected chi connectivity index (χ2v) is 5.96. The summed E-state index contributed by atoms with van der Waals surface area (Å²) >= 11 is 0. The predicted octanol–water partition coefficient (Wildman–Crippen LogP) is 2.21. The summed E-state index contributed by atoms with van der Waals surface area (Å²) in [4.78, 5) is 4.06. The number of methoxy groups -OCH3 is 2. The number of hydrogen-bond acceptors (Lipinski definition) is 5. The highest BCUT2D eigenvalue weighted by Crippen LogP contribution is 2.29. The Kier molecular flexibility index (Phi) is 4.32. The minimum Gasteiger partial charge on any atom is -0.497 e. The summed E-state index contributed by atoms with van der Waals surface area (Å²) in [5, 5.41) is 0. The van der Waals surface area contributed by atoms with Crippen LogP contribution in [0.2, 0.25) is 0 Å². The molecule has 1 N–H and O–H groups in total. The Morgan fingerprint density at radius 1 is 1.10 bits per heavy atom.